The van der Waals surface area contributed by atoms with Gasteiger partial charge in [-0.15, -0.1) is 0 Å². The number of nitrogens with one attached hydrogen (secondary N) is 2. The predicted molar refractivity (Wildman–Crippen MR) is 131 cm³/mol. The van der Waals surface area contributed by atoms with Crippen molar-refractivity contribution in [1.29, 1.82) is 0 Å². The third kappa shape index (κ3) is 5.92. The van der Waals surface area contributed by atoms with E-state index in [0.29, 0.717) is 42.0 Å². The van der Waals surface area contributed by atoms with Gasteiger partial charge in [-0.3, -0.25) is 9.59 Å². The molecule has 0 aliphatic rings. The van der Waals surface area contributed by atoms with Crippen LogP contribution in [-0.4, -0.2) is 39.8 Å². The summed E-state index contributed by atoms with van der Waals surface area (Å²) in [5, 5.41) is 19.7. The van der Waals surface area contributed by atoms with E-state index in [1.54, 1.807) is 35.1 Å². The summed E-state index contributed by atoms with van der Waals surface area (Å²) in [6.07, 6.45) is 2.14. The van der Waals surface area contributed by atoms with Gasteiger partial charge in [-0.1, -0.05) is 29.8 Å². The fourth-order valence-corrected chi connectivity index (χ4v) is 3.61. The summed E-state index contributed by atoms with van der Waals surface area (Å²) >= 11 is 0. The number of halogens is 1. The smallest absolute Gasteiger partial charge is 0.255 e. The number of amides is 2. The topological polar surface area (TPSA) is 96.3 Å². The van der Waals surface area contributed by atoms with Gasteiger partial charge in [-0.05, 0) is 61.9 Å². The molecule has 0 bridgehead atoms. The number of benzene rings is 3. The van der Waals surface area contributed by atoms with Gasteiger partial charge in [0.05, 0.1) is 11.3 Å². The Bertz CT molecular complexity index is 1350. The molecule has 2 amide bonds. The first-order chi connectivity index (χ1) is 16.9. The number of aromatic nitrogens is 2. The first kappa shape index (κ1) is 23.7. The Balaban J connectivity index is 1.43. The maximum atomic E-state index is 13.4. The van der Waals surface area contributed by atoms with Crippen LogP contribution in [0.3, 0.4) is 0 Å². The standard InChI is InChI=1S/C27H25FN4O3/c1-18-5-2-6-19(15-18)25-24(17-32(31-25)22-11-9-21(28)10-12-22)27(35)30-14-4-13-29-26(34)20-7-3-8-23(33)16-20/h2-3,5-12,15-17,33H,4,13-14H2,1H3,(H,29,34)(H,30,35). The van der Waals surface area contributed by atoms with Crippen LogP contribution in [0.25, 0.3) is 16.9 Å². The lowest BCUT2D eigenvalue weighted by atomic mass is 10.1. The maximum absolute atomic E-state index is 13.4. The van der Waals surface area contributed by atoms with Gasteiger partial charge < -0.3 is 15.7 Å². The molecule has 1 aromatic heterocycles. The Morgan fingerprint density at radius 2 is 1.66 bits per heavy atom. The first-order valence-electron chi connectivity index (χ1n) is 11.2. The van der Waals surface area contributed by atoms with Crippen molar-refractivity contribution >= 4 is 11.8 Å². The predicted octanol–water partition coefficient (Wildman–Crippen LogP) is 4.24. The Morgan fingerprint density at radius 3 is 2.37 bits per heavy atom. The number of phenolic OH excluding ortho intramolecular Hbond substituents is 1. The van der Waals surface area contributed by atoms with Gasteiger partial charge in [0.2, 0.25) is 0 Å². The molecule has 178 valence electrons. The molecule has 0 fully saturated rings. The SMILES string of the molecule is Cc1cccc(-c2nn(-c3ccc(F)cc3)cc2C(=O)NCCCNC(=O)c2cccc(O)c2)c1. The number of carbonyl (C=O) groups excluding carboxylic acids is 2. The lowest BCUT2D eigenvalue weighted by Gasteiger charge is -2.08. The van der Waals surface area contributed by atoms with Gasteiger partial charge in [0.15, 0.2) is 0 Å². The van der Waals surface area contributed by atoms with Crippen LogP contribution in [0.15, 0.2) is 79.0 Å². The largest absolute Gasteiger partial charge is 0.508 e. The summed E-state index contributed by atoms with van der Waals surface area (Å²) in [6, 6.07) is 19.7. The number of nitrogens with zero attached hydrogens (tertiary/aromatic N) is 2. The third-order valence-electron chi connectivity index (χ3n) is 5.37. The highest BCUT2D eigenvalue weighted by molar-refractivity contribution is 6.00. The second-order valence-corrected chi connectivity index (χ2v) is 8.10. The summed E-state index contributed by atoms with van der Waals surface area (Å²) < 4.78 is 14.9. The van der Waals surface area contributed by atoms with E-state index in [4.69, 9.17) is 0 Å². The van der Waals surface area contributed by atoms with E-state index in [1.807, 2.05) is 31.2 Å². The van der Waals surface area contributed by atoms with Crippen LogP contribution in [0.4, 0.5) is 4.39 Å². The summed E-state index contributed by atoms with van der Waals surface area (Å²) in [5.41, 5.74) is 3.75. The van der Waals surface area contributed by atoms with Gasteiger partial charge in [-0.25, -0.2) is 9.07 Å². The van der Waals surface area contributed by atoms with E-state index in [2.05, 4.69) is 15.7 Å². The molecule has 4 rings (SSSR count). The lowest BCUT2D eigenvalue weighted by molar-refractivity contribution is 0.0951. The minimum atomic E-state index is -0.353. The fourth-order valence-electron chi connectivity index (χ4n) is 3.61. The van der Waals surface area contributed by atoms with Crippen molar-refractivity contribution < 1.29 is 19.1 Å². The summed E-state index contributed by atoms with van der Waals surface area (Å²) in [7, 11) is 0. The van der Waals surface area contributed by atoms with Gasteiger partial charge in [0.1, 0.15) is 17.3 Å². The average Bonchev–Trinajstić information content (AvgIpc) is 3.30. The number of aromatic hydroxyl groups is 1. The first-order valence-corrected chi connectivity index (χ1v) is 11.2. The van der Waals surface area contributed by atoms with E-state index in [0.717, 1.165) is 11.1 Å². The average molecular weight is 473 g/mol. The fraction of sp³-hybridized carbons (Fsp3) is 0.148. The quantitative estimate of drug-likeness (QED) is 0.334. The molecule has 1 heterocycles. The second-order valence-electron chi connectivity index (χ2n) is 8.10. The van der Waals surface area contributed by atoms with Gasteiger partial charge in [-0.2, -0.15) is 5.10 Å². The van der Waals surface area contributed by atoms with Crippen molar-refractivity contribution in [3.05, 3.63) is 102 Å². The van der Waals surface area contributed by atoms with E-state index >= 15 is 0 Å². The molecule has 3 N–H and O–H groups in total. The lowest BCUT2D eigenvalue weighted by Crippen LogP contribution is -2.30. The normalized spacial score (nSPS) is 10.7. The molecule has 0 atom stereocenters. The number of aryl methyl sites for hydroxylation is 1. The van der Waals surface area contributed by atoms with Crippen LogP contribution in [0.1, 0.15) is 32.7 Å². The van der Waals surface area contributed by atoms with Crippen molar-refractivity contribution in [2.75, 3.05) is 13.1 Å². The van der Waals surface area contributed by atoms with E-state index in [9.17, 15) is 19.1 Å². The van der Waals surface area contributed by atoms with Crippen LogP contribution in [-0.2, 0) is 0 Å². The molecule has 0 aliphatic carbocycles. The van der Waals surface area contributed by atoms with E-state index in [-0.39, 0.29) is 23.4 Å². The highest BCUT2D eigenvalue weighted by Crippen LogP contribution is 2.25. The van der Waals surface area contributed by atoms with Crippen LogP contribution in [0, 0.1) is 12.7 Å². The van der Waals surface area contributed by atoms with Gasteiger partial charge >= 0.3 is 0 Å². The zero-order valence-corrected chi connectivity index (χ0v) is 19.2. The molecular weight excluding hydrogens is 447 g/mol. The molecule has 0 spiro atoms. The van der Waals surface area contributed by atoms with Crippen LogP contribution >= 0.6 is 0 Å². The molecule has 4 aromatic rings. The van der Waals surface area contributed by atoms with E-state index in [1.165, 1.54) is 24.3 Å². The molecule has 0 saturated heterocycles. The second kappa shape index (κ2) is 10.6. The Kier molecular flexibility index (Phi) is 7.21. The molecular formula is C27H25FN4O3. The molecule has 0 unspecified atom stereocenters. The minimum Gasteiger partial charge on any atom is -0.508 e. The van der Waals surface area contributed by atoms with Gasteiger partial charge in [0, 0.05) is 30.4 Å². The highest BCUT2D eigenvalue weighted by atomic mass is 19.1. The summed E-state index contributed by atoms with van der Waals surface area (Å²) in [6.45, 7) is 2.66. The molecule has 35 heavy (non-hydrogen) atoms. The molecule has 0 radical (unpaired) electrons. The van der Waals surface area contributed by atoms with Gasteiger partial charge in [0.25, 0.3) is 11.8 Å². The van der Waals surface area contributed by atoms with Crippen LogP contribution in [0.2, 0.25) is 0 Å². The number of hydrogen-bond acceptors (Lipinski definition) is 4. The minimum absolute atomic E-state index is 0.0236. The van der Waals surface area contributed by atoms with Crippen molar-refractivity contribution in [3.8, 4) is 22.7 Å². The third-order valence-corrected chi connectivity index (χ3v) is 5.37. The maximum Gasteiger partial charge on any atom is 0.255 e. The highest BCUT2D eigenvalue weighted by Gasteiger charge is 2.19. The number of carbonyl (C=O) groups is 2. The van der Waals surface area contributed by atoms with Crippen LogP contribution < -0.4 is 10.6 Å². The zero-order valence-electron chi connectivity index (χ0n) is 19.2. The number of phenols is 1. The van der Waals surface area contributed by atoms with Crippen molar-refractivity contribution in [3.63, 3.8) is 0 Å². The monoisotopic (exact) mass is 472 g/mol. The van der Waals surface area contributed by atoms with Crippen molar-refractivity contribution in [2.45, 2.75) is 13.3 Å². The zero-order chi connectivity index (χ0) is 24.8. The van der Waals surface area contributed by atoms with Crippen LogP contribution in [0.5, 0.6) is 5.75 Å². The molecule has 0 aliphatic heterocycles. The number of rotatable bonds is 8. The summed E-state index contributed by atoms with van der Waals surface area (Å²) in [4.78, 5) is 25.2. The van der Waals surface area contributed by atoms with Crippen molar-refractivity contribution in [2.24, 2.45) is 0 Å². The Morgan fingerprint density at radius 1 is 0.943 bits per heavy atom. The number of hydrogen-bond donors (Lipinski definition) is 3. The Labute approximate surface area is 202 Å². The van der Waals surface area contributed by atoms with Crippen molar-refractivity contribution in [1.82, 2.24) is 20.4 Å². The molecule has 0 saturated carbocycles. The molecule has 3 aromatic carbocycles. The molecule has 8 heteroatoms. The molecule has 7 nitrogen and oxygen atoms in total. The summed E-state index contributed by atoms with van der Waals surface area (Å²) in [5.74, 6) is -0.923. The van der Waals surface area contributed by atoms with E-state index < -0.39 is 0 Å². The Hall–Kier alpha value is -4.46.